The van der Waals surface area contributed by atoms with Crippen LogP contribution >= 0.6 is 0 Å². The van der Waals surface area contributed by atoms with E-state index in [1.54, 1.807) is 12.1 Å². The minimum atomic E-state index is -4.72. The van der Waals surface area contributed by atoms with Crippen LogP contribution in [0.3, 0.4) is 0 Å². The van der Waals surface area contributed by atoms with Gasteiger partial charge in [-0.25, -0.2) is 0 Å². The van der Waals surface area contributed by atoms with Crippen LogP contribution in [0.5, 0.6) is 5.75 Å². The normalized spacial score (nSPS) is 11.8. The van der Waals surface area contributed by atoms with Crippen molar-refractivity contribution >= 4 is 0 Å². The molecule has 0 aliphatic carbocycles. The van der Waals surface area contributed by atoms with Gasteiger partial charge in [-0.3, -0.25) is 0 Å². The van der Waals surface area contributed by atoms with Crippen molar-refractivity contribution in [2.24, 2.45) is 5.73 Å². The molecule has 2 nitrogen and oxygen atoms in total. The summed E-state index contributed by atoms with van der Waals surface area (Å²) in [5, 5.41) is 0. The molecule has 0 aromatic heterocycles. The highest BCUT2D eigenvalue weighted by Gasteiger charge is 2.32. The van der Waals surface area contributed by atoms with E-state index in [-0.39, 0.29) is 12.3 Å². The van der Waals surface area contributed by atoms with E-state index in [9.17, 15) is 13.2 Å². The molecule has 0 saturated heterocycles. The second kappa shape index (κ2) is 6.40. The molecule has 0 aliphatic heterocycles. The van der Waals surface area contributed by atoms with E-state index < -0.39 is 6.36 Å². The summed E-state index contributed by atoms with van der Waals surface area (Å²) in [6.45, 7) is 4.15. The zero-order chi connectivity index (χ0) is 16.3. The van der Waals surface area contributed by atoms with Gasteiger partial charge in [-0.1, -0.05) is 44.2 Å². The first-order valence-corrected chi connectivity index (χ1v) is 6.99. The molecule has 5 heteroatoms. The molecule has 0 unspecified atom stereocenters. The van der Waals surface area contributed by atoms with E-state index in [1.807, 2.05) is 24.3 Å². The lowest BCUT2D eigenvalue weighted by Gasteiger charge is -2.14. The number of hydrogen-bond donors (Lipinski definition) is 1. The van der Waals surface area contributed by atoms with E-state index in [4.69, 9.17) is 5.73 Å². The minimum Gasteiger partial charge on any atom is -0.405 e. The van der Waals surface area contributed by atoms with Gasteiger partial charge in [0.15, 0.2) is 0 Å². The van der Waals surface area contributed by atoms with Crippen molar-refractivity contribution in [2.45, 2.75) is 32.7 Å². The van der Waals surface area contributed by atoms with E-state index in [1.165, 1.54) is 11.6 Å². The molecule has 2 aromatic rings. The summed E-state index contributed by atoms with van der Waals surface area (Å²) in [4.78, 5) is 0. The van der Waals surface area contributed by atoms with Gasteiger partial charge >= 0.3 is 6.36 Å². The Labute approximate surface area is 127 Å². The third-order valence-corrected chi connectivity index (χ3v) is 3.39. The highest BCUT2D eigenvalue weighted by molar-refractivity contribution is 5.66. The van der Waals surface area contributed by atoms with E-state index in [0.29, 0.717) is 11.5 Å². The van der Waals surface area contributed by atoms with Gasteiger partial charge in [-0.2, -0.15) is 0 Å². The minimum absolute atomic E-state index is 0.0247. The van der Waals surface area contributed by atoms with Crippen molar-refractivity contribution < 1.29 is 17.9 Å². The van der Waals surface area contributed by atoms with Crippen LogP contribution < -0.4 is 10.5 Å². The van der Waals surface area contributed by atoms with Gasteiger partial charge in [-0.15, -0.1) is 13.2 Å². The summed E-state index contributed by atoms with van der Waals surface area (Å²) < 4.78 is 41.1. The van der Waals surface area contributed by atoms with E-state index >= 15 is 0 Å². The largest absolute Gasteiger partial charge is 0.573 e. The Hall–Kier alpha value is -2.01. The van der Waals surface area contributed by atoms with Crippen molar-refractivity contribution in [3.8, 4) is 16.9 Å². The zero-order valence-electron chi connectivity index (χ0n) is 12.4. The van der Waals surface area contributed by atoms with Crippen molar-refractivity contribution in [2.75, 3.05) is 0 Å². The summed E-state index contributed by atoms with van der Waals surface area (Å²) in [7, 11) is 0. The van der Waals surface area contributed by atoms with Gasteiger partial charge in [-0.05, 0) is 34.7 Å². The van der Waals surface area contributed by atoms with Gasteiger partial charge < -0.3 is 10.5 Å². The van der Waals surface area contributed by atoms with Crippen molar-refractivity contribution in [1.82, 2.24) is 0 Å². The molecule has 0 spiro atoms. The maximum Gasteiger partial charge on any atom is 0.573 e. The number of alkyl halides is 3. The Balaban J connectivity index is 2.39. The van der Waals surface area contributed by atoms with Gasteiger partial charge in [0.25, 0.3) is 0 Å². The average Bonchev–Trinajstić information content (AvgIpc) is 2.46. The third kappa shape index (κ3) is 4.01. The van der Waals surface area contributed by atoms with Crippen LogP contribution in [0.4, 0.5) is 13.2 Å². The third-order valence-electron chi connectivity index (χ3n) is 3.39. The maximum absolute atomic E-state index is 12.4. The second-order valence-electron chi connectivity index (χ2n) is 5.35. The lowest BCUT2D eigenvalue weighted by atomic mass is 9.96. The maximum atomic E-state index is 12.4. The Morgan fingerprint density at radius 3 is 2.32 bits per heavy atom. The fraction of sp³-hybridized carbons (Fsp3) is 0.294. The Kier molecular flexibility index (Phi) is 4.76. The first kappa shape index (κ1) is 16.4. The summed E-state index contributed by atoms with van der Waals surface area (Å²) in [6, 6.07) is 12.5. The smallest absolute Gasteiger partial charge is 0.405 e. The number of rotatable bonds is 4. The Morgan fingerprint density at radius 1 is 1.05 bits per heavy atom. The van der Waals surface area contributed by atoms with Gasteiger partial charge in [0, 0.05) is 12.1 Å². The van der Waals surface area contributed by atoms with Gasteiger partial charge in [0.2, 0.25) is 0 Å². The lowest BCUT2D eigenvalue weighted by Crippen LogP contribution is -2.18. The SMILES string of the molecule is CC(C)c1cccc(-c2ccc(OC(F)(F)F)c(CN)c2)c1. The topological polar surface area (TPSA) is 35.2 Å². The van der Waals surface area contributed by atoms with E-state index in [0.717, 1.165) is 11.1 Å². The van der Waals surface area contributed by atoms with E-state index in [2.05, 4.69) is 18.6 Å². The number of halogens is 3. The predicted molar refractivity (Wildman–Crippen MR) is 80.5 cm³/mol. The fourth-order valence-electron chi connectivity index (χ4n) is 2.22. The molecular formula is C17H18F3NO. The van der Waals surface area contributed by atoms with Gasteiger partial charge in [0.05, 0.1) is 0 Å². The summed E-state index contributed by atoms with van der Waals surface area (Å²) in [5.74, 6) is 0.125. The molecule has 0 atom stereocenters. The van der Waals surface area contributed by atoms with Crippen molar-refractivity contribution in [3.63, 3.8) is 0 Å². The molecule has 0 saturated carbocycles. The summed E-state index contributed by atoms with van der Waals surface area (Å²) in [5.41, 5.74) is 8.80. The number of ether oxygens (including phenoxy) is 1. The molecule has 22 heavy (non-hydrogen) atoms. The van der Waals surface area contributed by atoms with Crippen LogP contribution in [0.1, 0.15) is 30.9 Å². The molecular weight excluding hydrogens is 291 g/mol. The zero-order valence-corrected chi connectivity index (χ0v) is 12.4. The second-order valence-corrected chi connectivity index (χ2v) is 5.35. The predicted octanol–water partition coefficient (Wildman–Crippen LogP) is 4.83. The van der Waals surface area contributed by atoms with Crippen molar-refractivity contribution in [1.29, 1.82) is 0 Å². The lowest BCUT2D eigenvalue weighted by molar-refractivity contribution is -0.274. The number of benzene rings is 2. The quantitative estimate of drug-likeness (QED) is 0.877. The Morgan fingerprint density at radius 2 is 1.73 bits per heavy atom. The summed E-state index contributed by atoms with van der Waals surface area (Å²) in [6.07, 6.45) is -4.72. The standard InChI is InChI=1S/C17H18F3NO/c1-11(2)12-4-3-5-13(8-12)14-6-7-16(15(9-14)10-21)22-17(18,19)20/h3-9,11H,10,21H2,1-2H3. The molecule has 2 N–H and O–H groups in total. The van der Waals surface area contributed by atoms with Crippen LogP contribution in [0.25, 0.3) is 11.1 Å². The monoisotopic (exact) mass is 309 g/mol. The molecule has 0 bridgehead atoms. The number of nitrogens with two attached hydrogens (primary N) is 1. The molecule has 0 heterocycles. The Bertz CT molecular complexity index is 651. The highest BCUT2D eigenvalue weighted by atomic mass is 19.4. The van der Waals surface area contributed by atoms with Crippen LogP contribution in [0.2, 0.25) is 0 Å². The van der Waals surface area contributed by atoms with Crippen LogP contribution in [-0.4, -0.2) is 6.36 Å². The molecule has 0 fully saturated rings. The van der Waals surface area contributed by atoms with Crippen LogP contribution in [0, 0.1) is 0 Å². The molecule has 118 valence electrons. The molecule has 0 radical (unpaired) electrons. The molecule has 0 amide bonds. The molecule has 2 aromatic carbocycles. The van der Waals surface area contributed by atoms with Crippen LogP contribution in [0.15, 0.2) is 42.5 Å². The molecule has 2 rings (SSSR count). The van der Waals surface area contributed by atoms with Gasteiger partial charge in [0.1, 0.15) is 5.75 Å². The first-order chi connectivity index (χ1) is 10.3. The average molecular weight is 309 g/mol. The summed E-state index contributed by atoms with van der Waals surface area (Å²) >= 11 is 0. The molecule has 0 aliphatic rings. The first-order valence-electron chi connectivity index (χ1n) is 6.99. The highest BCUT2D eigenvalue weighted by Crippen LogP contribution is 2.31. The number of hydrogen-bond acceptors (Lipinski definition) is 2. The van der Waals surface area contributed by atoms with Crippen molar-refractivity contribution in [3.05, 3.63) is 53.6 Å². The van der Waals surface area contributed by atoms with Crippen LogP contribution in [-0.2, 0) is 6.54 Å². The fourth-order valence-corrected chi connectivity index (χ4v) is 2.22.